The number of rotatable bonds is 11. The first-order chi connectivity index (χ1) is 10.3. The van der Waals surface area contributed by atoms with Crippen molar-refractivity contribution >= 4 is 5.84 Å². The molecule has 1 aromatic rings. The zero-order chi connectivity index (χ0) is 15.3. The number of oxime groups is 1. The van der Waals surface area contributed by atoms with E-state index < -0.39 is 0 Å². The van der Waals surface area contributed by atoms with Gasteiger partial charge in [-0.3, -0.25) is 0 Å². The predicted molar refractivity (Wildman–Crippen MR) is 87.1 cm³/mol. The van der Waals surface area contributed by atoms with Gasteiger partial charge in [-0.2, -0.15) is 0 Å². The summed E-state index contributed by atoms with van der Waals surface area (Å²) in [5.41, 5.74) is 6.22. The third-order valence-electron chi connectivity index (χ3n) is 3.50. The number of amidine groups is 1. The van der Waals surface area contributed by atoms with Crippen molar-refractivity contribution in [1.29, 1.82) is 0 Å². The summed E-state index contributed by atoms with van der Waals surface area (Å²) in [6.45, 7) is 2.96. The summed E-state index contributed by atoms with van der Waals surface area (Å²) in [5.74, 6) is 0.870. The van der Waals surface area contributed by atoms with Gasteiger partial charge in [0.25, 0.3) is 0 Å². The SMILES string of the molecule is CCCCCCCCCCOc1cccc(C(N)=NO)c1. The van der Waals surface area contributed by atoms with Gasteiger partial charge < -0.3 is 15.7 Å². The van der Waals surface area contributed by atoms with Crippen molar-refractivity contribution in [2.75, 3.05) is 6.61 Å². The van der Waals surface area contributed by atoms with Crippen LogP contribution in [-0.2, 0) is 0 Å². The van der Waals surface area contributed by atoms with Gasteiger partial charge in [-0.05, 0) is 18.6 Å². The molecule has 1 aromatic carbocycles. The Labute approximate surface area is 128 Å². The van der Waals surface area contributed by atoms with E-state index in [1.54, 1.807) is 12.1 Å². The first-order valence-corrected chi connectivity index (χ1v) is 7.98. The van der Waals surface area contributed by atoms with E-state index in [2.05, 4.69) is 12.1 Å². The second-order valence-corrected chi connectivity index (χ2v) is 5.34. The number of hydrogen-bond donors (Lipinski definition) is 2. The highest BCUT2D eigenvalue weighted by Crippen LogP contribution is 2.14. The predicted octanol–water partition coefficient (Wildman–Crippen LogP) is 4.30. The highest BCUT2D eigenvalue weighted by atomic mass is 16.5. The number of hydrogen-bond acceptors (Lipinski definition) is 3. The molecule has 0 saturated carbocycles. The van der Waals surface area contributed by atoms with Crippen LogP contribution in [-0.4, -0.2) is 17.6 Å². The minimum Gasteiger partial charge on any atom is -0.494 e. The smallest absolute Gasteiger partial charge is 0.170 e. The minimum atomic E-state index is 0.104. The Balaban J connectivity index is 2.13. The summed E-state index contributed by atoms with van der Waals surface area (Å²) in [5, 5.41) is 11.6. The third kappa shape index (κ3) is 7.59. The molecule has 21 heavy (non-hydrogen) atoms. The number of benzene rings is 1. The molecule has 0 saturated heterocycles. The molecule has 0 aliphatic carbocycles. The summed E-state index contributed by atoms with van der Waals surface area (Å²) < 4.78 is 5.69. The van der Waals surface area contributed by atoms with Crippen molar-refractivity contribution in [2.45, 2.75) is 58.3 Å². The number of ether oxygens (including phenoxy) is 1. The van der Waals surface area contributed by atoms with E-state index in [4.69, 9.17) is 15.7 Å². The quantitative estimate of drug-likeness (QED) is 0.210. The van der Waals surface area contributed by atoms with E-state index in [1.165, 1.54) is 44.9 Å². The molecule has 4 nitrogen and oxygen atoms in total. The maximum atomic E-state index is 8.65. The number of unbranched alkanes of at least 4 members (excludes halogenated alkanes) is 7. The third-order valence-corrected chi connectivity index (χ3v) is 3.50. The van der Waals surface area contributed by atoms with Gasteiger partial charge in [-0.1, -0.05) is 69.2 Å². The molecule has 3 N–H and O–H groups in total. The molecule has 0 aliphatic rings. The first kappa shape index (κ1) is 17.3. The van der Waals surface area contributed by atoms with Crippen molar-refractivity contribution in [2.24, 2.45) is 10.9 Å². The molecule has 0 aromatic heterocycles. The molecule has 0 heterocycles. The molecule has 118 valence electrons. The molecule has 0 bridgehead atoms. The van der Waals surface area contributed by atoms with E-state index in [1.807, 2.05) is 12.1 Å². The zero-order valence-corrected chi connectivity index (χ0v) is 13.1. The van der Waals surface area contributed by atoms with Gasteiger partial charge in [0.1, 0.15) is 5.75 Å². The Hall–Kier alpha value is -1.71. The van der Waals surface area contributed by atoms with Crippen LogP contribution in [0.4, 0.5) is 0 Å². The summed E-state index contributed by atoms with van der Waals surface area (Å²) >= 11 is 0. The van der Waals surface area contributed by atoms with Gasteiger partial charge in [0, 0.05) is 5.56 Å². The lowest BCUT2D eigenvalue weighted by Crippen LogP contribution is -2.13. The van der Waals surface area contributed by atoms with Crippen LogP contribution in [0.15, 0.2) is 29.4 Å². The molecule has 0 amide bonds. The molecule has 1 rings (SSSR count). The van der Waals surface area contributed by atoms with Crippen molar-refractivity contribution < 1.29 is 9.94 Å². The molecule has 0 aliphatic heterocycles. The van der Waals surface area contributed by atoms with Gasteiger partial charge >= 0.3 is 0 Å². The van der Waals surface area contributed by atoms with Gasteiger partial charge in [-0.15, -0.1) is 0 Å². The van der Waals surface area contributed by atoms with Crippen LogP contribution in [0.25, 0.3) is 0 Å². The largest absolute Gasteiger partial charge is 0.494 e. The number of nitrogens with zero attached hydrogens (tertiary/aromatic N) is 1. The second-order valence-electron chi connectivity index (χ2n) is 5.34. The summed E-state index contributed by atoms with van der Waals surface area (Å²) in [4.78, 5) is 0. The van der Waals surface area contributed by atoms with Crippen molar-refractivity contribution in [3.8, 4) is 5.75 Å². The summed E-state index contributed by atoms with van der Waals surface area (Å²) in [6, 6.07) is 7.31. The lowest BCUT2D eigenvalue weighted by atomic mass is 10.1. The van der Waals surface area contributed by atoms with Crippen LogP contribution in [0.1, 0.15) is 63.9 Å². The second kappa shape index (κ2) is 11.0. The van der Waals surface area contributed by atoms with Crippen molar-refractivity contribution in [3.05, 3.63) is 29.8 Å². The maximum Gasteiger partial charge on any atom is 0.170 e. The number of nitrogens with two attached hydrogens (primary N) is 1. The Morgan fingerprint density at radius 2 is 1.76 bits per heavy atom. The van der Waals surface area contributed by atoms with E-state index >= 15 is 0 Å². The average Bonchev–Trinajstić information content (AvgIpc) is 2.53. The van der Waals surface area contributed by atoms with Gasteiger partial charge in [0.05, 0.1) is 6.61 Å². The van der Waals surface area contributed by atoms with E-state index in [-0.39, 0.29) is 5.84 Å². The van der Waals surface area contributed by atoms with Crippen molar-refractivity contribution in [3.63, 3.8) is 0 Å². The first-order valence-electron chi connectivity index (χ1n) is 7.98. The normalized spacial score (nSPS) is 11.6. The Bertz CT molecular complexity index is 419. The van der Waals surface area contributed by atoms with E-state index in [0.717, 1.165) is 12.2 Å². The highest BCUT2D eigenvalue weighted by Gasteiger charge is 2.01. The molecule has 4 heteroatoms. The van der Waals surface area contributed by atoms with Crippen LogP contribution in [0.3, 0.4) is 0 Å². The van der Waals surface area contributed by atoms with Gasteiger partial charge in [0.2, 0.25) is 0 Å². The Morgan fingerprint density at radius 3 is 2.43 bits per heavy atom. The summed E-state index contributed by atoms with van der Waals surface area (Å²) in [7, 11) is 0. The van der Waals surface area contributed by atoms with E-state index in [9.17, 15) is 0 Å². The molecule has 0 fully saturated rings. The van der Waals surface area contributed by atoms with Crippen molar-refractivity contribution in [1.82, 2.24) is 0 Å². The molecule has 0 spiro atoms. The lowest BCUT2D eigenvalue weighted by Gasteiger charge is -2.07. The van der Waals surface area contributed by atoms with Crippen LogP contribution < -0.4 is 10.5 Å². The molecular weight excluding hydrogens is 264 g/mol. The fourth-order valence-electron chi connectivity index (χ4n) is 2.23. The fourth-order valence-corrected chi connectivity index (χ4v) is 2.23. The maximum absolute atomic E-state index is 8.65. The van der Waals surface area contributed by atoms with Gasteiger partial charge in [-0.25, -0.2) is 0 Å². The van der Waals surface area contributed by atoms with Gasteiger partial charge in [0.15, 0.2) is 5.84 Å². The average molecular weight is 292 g/mol. The van der Waals surface area contributed by atoms with Crippen LogP contribution in [0.2, 0.25) is 0 Å². The Morgan fingerprint density at radius 1 is 1.10 bits per heavy atom. The highest BCUT2D eigenvalue weighted by molar-refractivity contribution is 5.97. The molecular formula is C17H28N2O2. The molecule has 0 unspecified atom stereocenters. The Kier molecular flexibility index (Phi) is 9.09. The molecule has 0 atom stereocenters. The molecule has 0 radical (unpaired) electrons. The monoisotopic (exact) mass is 292 g/mol. The van der Waals surface area contributed by atoms with Crippen LogP contribution in [0.5, 0.6) is 5.75 Å². The van der Waals surface area contributed by atoms with Crippen LogP contribution >= 0.6 is 0 Å². The zero-order valence-electron chi connectivity index (χ0n) is 13.1. The minimum absolute atomic E-state index is 0.104. The van der Waals surface area contributed by atoms with Crippen LogP contribution in [0, 0.1) is 0 Å². The van der Waals surface area contributed by atoms with E-state index in [0.29, 0.717) is 12.2 Å². The fraction of sp³-hybridized carbons (Fsp3) is 0.588. The standard InChI is InChI=1S/C17H28N2O2/c1-2-3-4-5-6-7-8-9-13-21-16-12-10-11-15(14-16)17(18)19-20/h10-12,14,20H,2-9,13H2,1H3,(H2,18,19). The lowest BCUT2D eigenvalue weighted by molar-refractivity contribution is 0.304. The topological polar surface area (TPSA) is 67.8 Å². The summed E-state index contributed by atoms with van der Waals surface area (Å²) in [6.07, 6.45) is 10.3.